The molecule has 0 saturated heterocycles. The predicted molar refractivity (Wildman–Crippen MR) is 53.0 cm³/mol. The van der Waals surface area contributed by atoms with E-state index in [1.165, 1.54) is 12.2 Å². The Bertz CT molecular complexity index is 225. The first-order chi connectivity index (χ1) is 6.25. The van der Waals surface area contributed by atoms with Crippen LogP contribution in [0.1, 0.15) is 0 Å². The molecule has 0 aromatic heterocycles. The summed E-state index contributed by atoms with van der Waals surface area (Å²) in [5.41, 5.74) is 5.19. The maximum absolute atomic E-state index is 11.0. The average molecular weight is 221 g/mol. The minimum atomic E-state index is -0.277. The molecule has 0 aromatic carbocycles. The van der Waals surface area contributed by atoms with E-state index in [0.29, 0.717) is 26.3 Å². The standard InChI is InChI=1S/C8H12N2O3.ClH/c9-3-5-13-6-4-10-7(11)1-2-8(10)12;/h1-2H,3-6,9H2;1H. The van der Waals surface area contributed by atoms with Crippen molar-refractivity contribution in [3.05, 3.63) is 12.2 Å². The second-order valence-electron chi connectivity index (χ2n) is 2.56. The molecule has 0 spiro atoms. The fourth-order valence-electron chi connectivity index (χ4n) is 0.993. The van der Waals surface area contributed by atoms with Gasteiger partial charge in [-0.3, -0.25) is 14.5 Å². The number of hydrogen-bond acceptors (Lipinski definition) is 4. The fraction of sp³-hybridized carbons (Fsp3) is 0.500. The van der Waals surface area contributed by atoms with Crippen LogP contribution in [0.25, 0.3) is 0 Å². The van der Waals surface area contributed by atoms with Crippen LogP contribution in [0, 0.1) is 0 Å². The smallest absolute Gasteiger partial charge is 0.253 e. The molecule has 14 heavy (non-hydrogen) atoms. The molecule has 1 heterocycles. The molecule has 80 valence electrons. The van der Waals surface area contributed by atoms with E-state index in [1.54, 1.807) is 0 Å². The zero-order chi connectivity index (χ0) is 9.68. The van der Waals surface area contributed by atoms with E-state index in [9.17, 15) is 9.59 Å². The van der Waals surface area contributed by atoms with Crippen LogP contribution in [-0.2, 0) is 14.3 Å². The third-order valence-corrected chi connectivity index (χ3v) is 1.62. The number of rotatable bonds is 5. The minimum Gasteiger partial charge on any atom is -0.378 e. The Morgan fingerprint density at radius 1 is 1.21 bits per heavy atom. The van der Waals surface area contributed by atoms with Crippen molar-refractivity contribution in [2.75, 3.05) is 26.3 Å². The summed E-state index contributed by atoms with van der Waals surface area (Å²) < 4.78 is 5.04. The van der Waals surface area contributed by atoms with Crippen molar-refractivity contribution in [3.63, 3.8) is 0 Å². The van der Waals surface area contributed by atoms with Crippen LogP contribution in [0.3, 0.4) is 0 Å². The first kappa shape index (κ1) is 13.1. The molecule has 0 radical (unpaired) electrons. The van der Waals surface area contributed by atoms with Crippen LogP contribution >= 0.6 is 12.4 Å². The summed E-state index contributed by atoms with van der Waals surface area (Å²) in [5.74, 6) is -0.553. The first-order valence-corrected chi connectivity index (χ1v) is 4.07. The number of carbonyl (C=O) groups is 2. The summed E-state index contributed by atoms with van der Waals surface area (Å²) in [6.45, 7) is 1.53. The number of ether oxygens (including phenoxy) is 1. The van der Waals surface area contributed by atoms with E-state index < -0.39 is 0 Å². The van der Waals surface area contributed by atoms with Crippen LogP contribution in [-0.4, -0.2) is 43.0 Å². The summed E-state index contributed by atoms with van der Waals surface area (Å²) in [6.07, 6.45) is 2.51. The van der Waals surface area contributed by atoms with Crippen molar-refractivity contribution in [2.45, 2.75) is 0 Å². The predicted octanol–water partition coefficient (Wildman–Crippen LogP) is -0.692. The molecule has 1 aliphatic rings. The molecule has 5 nitrogen and oxygen atoms in total. The zero-order valence-corrected chi connectivity index (χ0v) is 8.46. The summed E-state index contributed by atoms with van der Waals surface area (Å²) in [5, 5.41) is 0. The highest BCUT2D eigenvalue weighted by atomic mass is 35.5. The average Bonchev–Trinajstić information content (AvgIpc) is 2.42. The largest absolute Gasteiger partial charge is 0.378 e. The lowest BCUT2D eigenvalue weighted by atomic mass is 10.5. The normalized spacial score (nSPS) is 14.8. The van der Waals surface area contributed by atoms with Crippen LogP contribution in [0.15, 0.2) is 12.2 Å². The number of nitrogens with zero attached hydrogens (tertiary/aromatic N) is 1. The number of carbonyl (C=O) groups excluding carboxylic acids is 2. The molecule has 0 aromatic rings. The Kier molecular flexibility index (Phi) is 6.11. The van der Waals surface area contributed by atoms with Gasteiger partial charge in [0.1, 0.15) is 0 Å². The molecule has 0 aliphatic carbocycles. The van der Waals surface area contributed by atoms with Gasteiger partial charge in [0.15, 0.2) is 0 Å². The van der Waals surface area contributed by atoms with Gasteiger partial charge >= 0.3 is 0 Å². The maximum atomic E-state index is 11.0. The Hall–Kier alpha value is -0.910. The molecule has 1 aliphatic heterocycles. The maximum Gasteiger partial charge on any atom is 0.253 e. The number of hydrogen-bond donors (Lipinski definition) is 1. The molecular weight excluding hydrogens is 208 g/mol. The van der Waals surface area contributed by atoms with Crippen molar-refractivity contribution >= 4 is 24.2 Å². The number of amides is 2. The number of nitrogens with two attached hydrogens (primary N) is 1. The quantitative estimate of drug-likeness (QED) is 0.492. The number of halogens is 1. The molecule has 2 N–H and O–H groups in total. The second kappa shape index (κ2) is 6.53. The van der Waals surface area contributed by atoms with E-state index in [-0.39, 0.29) is 24.2 Å². The van der Waals surface area contributed by atoms with Gasteiger partial charge in [-0.1, -0.05) is 0 Å². The van der Waals surface area contributed by atoms with Gasteiger partial charge in [0.2, 0.25) is 0 Å². The van der Waals surface area contributed by atoms with Gasteiger partial charge < -0.3 is 10.5 Å². The minimum absolute atomic E-state index is 0. The van der Waals surface area contributed by atoms with Gasteiger partial charge in [-0.2, -0.15) is 0 Å². The van der Waals surface area contributed by atoms with E-state index in [1.807, 2.05) is 0 Å². The van der Waals surface area contributed by atoms with E-state index >= 15 is 0 Å². The van der Waals surface area contributed by atoms with Gasteiger partial charge in [-0.05, 0) is 0 Å². The highest BCUT2D eigenvalue weighted by Gasteiger charge is 2.22. The molecule has 0 saturated carbocycles. The molecule has 0 bridgehead atoms. The third-order valence-electron chi connectivity index (χ3n) is 1.62. The summed E-state index contributed by atoms with van der Waals surface area (Å²) in [7, 11) is 0. The number of imide groups is 1. The monoisotopic (exact) mass is 220 g/mol. The van der Waals surface area contributed by atoms with E-state index in [0.717, 1.165) is 4.90 Å². The second-order valence-corrected chi connectivity index (χ2v) is 2.56. The lowest BCUT2D eigenvalue weighted by Gasteiger charge is -2.12. The summed E-state index contributed by atoms with van der Waals surface area (Å²) in [6, 6.07) is 0. The van der Waals surface area contributed by atoms with Crippen molar-refractivity contribution in [1.29, 1.82) is 0 Å². The zero-order valence-electron chi connectivity index (χ0n) is 7.64. The van der Waals surface area contributed by atoms with Crippen molar-refractivity contribution in [2.24, 2.45) is 5.73 Å². The molecule has 0 fully saturated rings. The van der Waals surface area contributed by atoms with Crippen LogP contribution in [0.5, 0.6) is 0 Å². The Balaban J connectivity index is 0.00000169. The van der Waals surface area contributed by atoms with Gasteiger partial charge in [0, 0.05) is 18.7 Å². The molecule has 0 atom stereocenters. The fourth-order valence-corrected chi connectivity index (χ4v) is 0.993. The van der Waals surface area contributed by atoms with E-state index in [4.69, 9.17) is 10.5 Å². The van der Waals surface area contributed by atoms with Gasteiger partial charge in [0.25, 0.3) is 11.8 Å². The molecule has 1 rings (SSSR count). The summed E-state index contributed by atoms with van der Waals surface area (Å²) in [4.78, 5) is 23.1. The lowest BCUT2D eigenvalue weighted by molar-refractivity contribution is -0.137. The van der Waals surface area contributed by atoms with Crippen LogP contribution in [0.4, 0.5) is 0 Å². The first-order valence-electron chi connectivity index (χ1n) is 4.07. The highest BCUT2D eigenvalue weighted by molar-refractivity contribution is 6.12. The van der Waals surface area contributed by atoms with Crippen molar-refractivity contribution in [3.8, 4) is 0 Å². The Labute approximate surface area is 88.3 Å². The van der Waals surface area contributed by atoms with Gasteiger partial charge in [-0.25, -0.2) is 0 Å². The van der Waals surface area contributed by atoms with Gasteiger partial charge in [-0.15, -0.1) is 12.4 Å². The topological polar surface area (TPSA) is 72.6 Å². The van der Waals surface area contributed by atoms with Gasteiger partial charge in [0.05, 0.1) is 19.8 Å². The van der Waals surface area contributed by atoms with Crippen molar-refractivity contribution < 1.29 is 14.3 Å². The SMILES string of the molecule is Cl.NCCOCCN1C(=O)C=CC1=O. The van der Waals surface area contributed by atoms with E-state index in [2.05, 4.69) is 0 Å². The van der Waals surface area contributed by atoms with Crippen LogP contribution < -0.4 is 5.73 Å². The highest BCUT2D eigenvalue weighted by Crippen LogP contribution is 2.02. The Morgan fingerprint density at radius 3 is 2.29 bits per heavy atom. The van der Waals surface area contributed by atoms with Crippen LogP contribution in [0.2, 0.25) is 0 Å². The summed E-state index contributed by atoms with van der Waals surface area (Å²) >= 11 is 0. The lowest BCUT2D eigenvalue weighted by Crippen LogP contribution is -2.33. The molecular formula is C8H13ClN2O3. The molecule has 6 heteroatoms. The third kappa shape index (κ3) is 3.45. The van der Waals surface area contributed by atoms with Crippen molar-refractivity contribution in [1.82, 2.24) is 4.90 Å². The molecule has 0 unspecified atom stereocenters. The molecule has 2 amide bonds. The Morgan fingerprint density at radius 2 is 1.79 bits per heavy atom.